The van der Waals surface area contributed by atoms with Gasteiger partial charge in [0, 0.05) is 18.3 Å². The van der Waals surface area contributed by atoms with E-state index in [0.717, 1.165) is 0 Å². The van der Waals surface area contributed by atoms with Gasteiger partial charge in [-0.3, -0.25) is 19.7 Å². The number of anilines is 1. The highest BCUT2D eigenvalue weighted by molar-refractivity contribution is 6.05. The van der Waals surface area contributed by atoms with Gasteiger partial charge in [-0.2, -0.15) is 0 Å². The summed E-state index contributed by atoms with van der Waals surface area (Å²) in [5.74, 6) is -0.706. The van der Waals surface area contributed by atoms with Gasteiger partial charge in [0.1, 0.15) is 18.9 Å². The molecular formula is C12H14N4O3. The maximum absolute atomic E-state index is 12.2. The molecule has 1 aromatic heterocycles. The molecule has 0 spiro atoms. The first kappa shape index (κ1) is 13.0. The van der Waals surface area contributed by atoms with Gasteiger partial charge in [0.15, 0.2) is 0 Å². The molecule has 1 aromatic rings. The molecule has 2 rings (SSSR count). The van der Waals surface area contributed by atoms with Crippen LogP contribution in [0.4, 0.5) is 5.82 Å². The predicted octanol–water partition coefficient (Wildman–Crippen LogP) is -0.388. The summed E-state index contributed by atoms with van der Waals surface area (Å²) in [6.45, 7) is 2.39. The standard InChI is InChI=1S/C12H14N4O3/c1-2-13-9-5-8(3-4-14-9)12(19)16-6-10(17)15-11(18)7-16/h3-5H,2,6-7H2,1H3,(H,13,14)(H,15,17,18). The molecule has 19 heavy (non-hydrogen) atoms. The van der Waals surface area contributed by atoms with Crippen LogP contribution in [0.5, 0.6) is 0 Å². The molecule has 2 heterocycles. The highest BCUT2D eigenvalue weighted by Crippen LogP contribution is 2.10. The zero-order valence-corrected chi connectivity index (χ0v) is 10.5. The highest BCUT2D eigenvalue weighted by Gasteiger charge is 2.27. The van der Waals surface area contributed by atoms with Crippen LogP contribution < -0.4 is 10.6 Å². The Hall–Kier alpha value is -2.44. The number of hydrogen-bond acceptors (Lipinski definition) is 5. The Morgan fingerprint density at radius 1 is 1.42 bits per heavy atom. The first-order valence-corrected chi connectivity index (χ1v) is 5.92. The fraction of sp³-hybridized carbons (Fsp3) is 0.333. The smallest absolute Gasteiger partial charge is 0.254 e. The molecule has 0 unspecified atom stereocenters. The number of aromatic nitrogens is 1. The minimum Gasteiger partial charge on any atom is -0.370 e. The summed E-state index contributed by atoms with van der Waals surface area (Å²) in [6, 6.07) is 3.16. The van der Waals surface area contributed by atoms with E-state index in [1.807, 2.05) is 6.92 Å². The number of carbonyl (C=O) groups excluding carboxylic acids is 3. The highest BCUT2D eigenvalue weighted by atomic mass is 16.2. The maximum Gasteiger partial charge on any atom is 0.254 e. The van der Waals surface area contributed by atoms with Gasteiger partial charge in [-0.25, -0.2) is 4.98 Å². The third-order valence-corrected chi connectivity index (χ3v) is 2.60. The van der Waals surface area contributed by atoms with Crippen molar-refractivity contribution < 1.29 is 14.4 Å². The largest absolute Gasteiger partial charge is 0.370 e. The van der Waals surface area contributed by atoms with Gasteiger partial charge in [-0.1, -0.05) is 0 Å². The van der Waals surface area contributed by atoms with Crippen LogP contribution in [-0.4, -0.2) is 47.2 Å². The SMILES string of the molecule is CCNc1cc(C(=O)N2CC(=O)NC(=O)C2)ccn1. The average Bonchev–Trinajstić information content (AvgIpc) is 2.37. The Morgan fingerprint density at radius 2 is 2.11 bits per heavy atom. The number of nitrogens with one attached hydrogen (secondary N) is 2. The van der Waals surface area contributed by atoms with Crippen LogP contribution in [-0.2, 0) is 9.59 Å². The van der Waals surface area contributed by atoms with Gasteiger partial charge in [0.05, 0.1) is 0 Å². The molecule has 0 radical (unpaired) electrons. The zero-order chi connectivity index (χ0) is 13.8. The second-order valence-corrected chi connectivity index (χ2v) is 4.09. The molecular weight excluding hydrogens is 248 g/mol. The van der Waals surface area contributed by atoms with Crippen molar-refractivity contribution in [1.82, 2.24) is 15.2 Å². The first-order valence-electron chi connectivity index (χ1n) is 5.92. The molecule has 0 aromatic carbocycles. The monoisotopic (exact) mass is 262 g/mol. The third-order valence-electron chi connectivity index (χ3n) is 2.60. The fourth-order valence-electron chi connectivity index (χ4n) is 1.80. The predicted molar refractivity (Wildman–Crippen MR) is 67.5 cm³/mol. The normalized spacial score (nSPS) is 15.1. The Bertz CT molecular complexity index is 513. The lowest BCUT2D eigenvalue weighted by Crippen LogP contribution is -2.53. The molecule has 7 heteroatoms. The van der Waals surface area contributed by atoms with E-state index in [1.165, 1.54) is 11.1 Å². The zero-order valence-electron chi connectivity index (χ0n) is 10.5. The molecule has 0 saturated carbocycles. The van der Waals surface area contributed by atoms with Gasteiger partial charge in [0.2, 0.25) is 11.8 Å². The van der Waals surface area contributed by atoms with Crippen LogP contribution in [0.2, 0.25) is 0 Å². The fourth-order valence-corrected chi connectivity index (χ4v) is 1.80. The summed E-state index contributed by atoms with van der Waals surface area (Å²) >= 11 is 0. The van der Waals surface area contributed by atoms with E-state index < -0.39 is 11.8 Å². The number of imide groups is 1. The molecule has 100 valence electrons. The first-order chi connectivity index (χ1) is 9.10. The lowest BCUT2D eigenvalue weighted by Gasteiger charge is -2.25. The molecule has 1 saturated heterocycles. The molecule has 1 fully saturated rings. The van der Waals surface area contributed by atoms with Crippen molar-refractivity contribution in [2.45, 2.75) is 6.92 Å². The van der Waals surface area contributed by atoms with E-state index in [2.05, 4.69) is 15.6 Å². The lowest BCUT2D eigenvalue weighted by molar-refractivity contribution is -0.135. The van der Waals surface area contributed by atoms with E-state index in [9.17, 15) is 14.4 Å². The van der Waals surface area contributed by atoms with Crippen molar-refractivity contribution in [3.05, 3.63) is 23.9 Å². The minimum absolute atomic E-state index is 0.108. The molecule has 1 aliphatic heterocycles. The molecule has 0 atom stereocenters. The summed E-state index contributed by atoms with van der Waals surface area (Å²) in [6.07, 6.45) is 1.51. The van der Waals surface area contributed by atoms with Crippen molar-refractivity contribution in [1.29, 1.82) is 0 Å². The Balaban J connectivity index is 2.16. The molecule has 0 bridgehead atoms. The Morgan fingerprint density at radius 3 is 2.74 bits per heavy atom. The van der Waals surface area contributed by atoms with E-state index >= 15 is 0 Å². The molecule has 0 aliphatic carbocycles. The minimum atomic E-state index is -0.467. The van der Waals surface area contributed by atoms with Gasteiger partial charge in [-0.05, 0) is 19.1 Å². The van der Waals surface area contributed by atoms with Crippen LogP contribution in [0.25, 0.3) is 0 Å². The van der Waals surface area contributed by atoms with E-state index in [4.69, 9.17) is 0 Å². The molecule has 1 aliphatic rings. The van der Waals surface area contributed by atoms with Crippen LogP contribution in [0.3, 0.4) is 0 Å². The third kappa shape index (κ3) is 3.06. The van der Waals surface area contributed by atoms with E-state index in [0.29, 0.717) is 17.9 Å². The second kappa shape index (κ2) is 5.47. The van der Waals surface area contributed by atoms with Crippen molar-refractivity contribution >= 4 is 23.5 Å². The van der Waals surface area contributed by atoms with Crippen molar-refractivity contribution in [2.24, 2.45) is 0 Å². The number of amides is 3. The van der Waals surface area contributed by atoms with Crippen molar-refractivity contribution in [2.75, 3.05) is 25.0 Å². The average molecular weight is 262 g/mol. The Labute approximate surface area is 110 Å². The van der Waals surface area contributed by atoms with Crippen LogP contribution in [0, 0.1) is 0 Å². The summed E-state index contributed by atoms with van der Waals surface area (Å²) < 4.78 is 0. The number of carbonyl (C=O) groups is 3. The summed E-state index contributed by atoms with van der Waals surface area (Å²) in [7, 11) is 0. The van der Waals surface area contributed by atoms with Crippen molar-refractivity contribution in [3.8, 4) is 0 Å². The summed E-state index contributed by atoms with van der Waals surface area (Å²) in [5, 5.41) is 5.15. The molecule has 3 amide bonds. The van der Waals surface area contributed by atoms with Gasteiger partial charge in [-0.15, -0.1) is 0 Å². The van der Waals surface area contributed by atoms with E-state index in [-0.39, 0.29) is 19.0 Å². The number of piperazine rings is 1. The number of nitrogens with zero attached hydrogens (tertiary/aromatic N) is 2. The van der Waals surface area contributed by atoms with Crippen LogP contribution >= 0.6 is 0 Å². The van der Waals surface area contributed by atoms with Gasteiger partial charge < -0.3 is 10.2 Å². The van der Waals surface area contributed by atoms with Crippen molar-refractivity contribution in [3.63, 3.8) is 0 Å². The lowest BCUT2D eigenvalue weighted by atomic mass is 10.2. The van der Waals surface area contributed by atoms with Gasteiger partial charge >= 0.3 is 0 Å². The quantitative estimate of drug-likeness (QED) is 0.724. The van der Waals surface area contributed by atoms with E-state index in [1.54, 1.807) is 12.1 Å². The molecule has 7 nitrogen and oxygen atoms in total. The molecule has 2 N–H and O–H groups in total. The number of rotatable bonds is 3. The summed E-state index contributed by atoms with van der Waals surface area (Å²) in [5.41, 5.74) is 0.397. The second-order valence-electron chi connectivity index (χ2n) is 4.09. The maximum atomic E-state index is 12.2. The Kier molecular flexibility index (Phi) is 3.74. The number of hydrogen-bond donors (Lipinski definition) is 2. The van der Waals surface area contributed by atoms with Gasteiger partial charge in [0.25, 0.3) is 5.91 Å². The van der Waals surface area contributed by atoms with Crippen LogP contribution in [0.15, 0.2) is 18.3 Å². The summed E-state index contributed by atoms with van der Waals surface area (Å²) in [4.78, 5) is 39.9. The topological polar surface area (TPSA) is 91.4 Å². The van der Waals surface area contributed by atoms with Crippen LogP contribution in [0.1, 0.15) is 17.3 Å². The number of pyridine rings is 1.